The number of rotatable bonds is 9. The molecule has 4 heterocycles. The van der Waals surface area contributed by atoms with Crippen LogP contribution < -0.4 is 15.5 Å². The summed E-state index contributed by atoms with van der Waals surface area (Å²) in [7, 11) is 0. The van der Waals surface area contributed by atoms with Gasteiger partial charge in [0, 0.05) is 56.0 Å². The van der Waals surface area contributed by atoms with Crippen molar-refractivity contribution in [1.82, 2.24) is 30.2 Å². The molecule has 2 fully saturated rings. The first-order valence-electron chi connectivity index (χ1n) is 11.4. The summed E-state index contributed by atoms with van der Waals surface area (Å²) in [4.78, 5) is 24.4. The minimum atomic E-state index is 0.303. The highest BCUT2D eigenvalue weighted by Crippen LogP contribution is 2.39. The molecule has 1 amide bonds. The SMILES string of the molecule is CC(C)c1cc(CNc2nc(Nc3cc(C4CC4)[nH]n3)cc(N3CCN(C=O)CC3)n2)on1. The molecule has 33 heavy (non-hydrogen) atoms. The second-order valence-electron chi connectivity index (χ2n) is 8.90. The van der Waals surface area contributed by atoms with Crippen LogP contribution in [0.2, 0.25) is 0 Å². The Morgan fingerprint density at radius 3 is 2.67 bits per heavy atom. The predicted molar refractivity (Wildman–Crippen MR) is 124 cm³/mol. The molecule has 2 aliphatic rings. The number of amides is 1. The van der Waals surface area contributed by atoms with Crippen LogP contribution in [0, 0.1) is 0 Å². The number of aromatic nitrogens is 5. The Kier molecular flexibility index (Phi) is 5.84. The van der Waals surface area contributed by atoms with E-state index in [1.807, 2.05) is 18.2 Å². The van der Waals surface area contributed by atoms with Crippen LogP contribution >= 0.6 is 0 Å². The van der Waals surface area contributed by atoms with Gasteiger partial charge in [-0.1, -0.05) is 19.0 Å². The van der Waals surface area contributed by atoms with Crippen molar-refractivity contribution in [2.24, 2.45) is 0 Å². The number of piperazine rings is 1. The van der Waals surface area contributed by atoms with Gasteiger partial charge in [0.05, 0.1) is 12.2 Å². The van der Waals surface area contributed by atoms with E-state index in [-0.39, 0.29) is 0 Å². The number of carbonyl (C=O) groups excluding carboxylic acids is 1. The summed E-state index contributed by atoms with van der Waals surface area (Å²) in [6, 6.07) is 5.90. The standard InChI is InChI=1S/C22H29N9O2/c1-14(2)17-9-16(33-29-17)12-23-22-25-19(24-20-10-18(27-28-20)15-3-4-15)11-21(26-22)31-7-5-30(13-32)6-8-31/h9-11,13-15H,3-8,12H2,1-2H3,(H3,23,24,25,26,27,28). The summed E-state index contributed by atoms with van der Waals surface area (Å²) in [6.07, 6.45) is 3.32. The Balaban J connectivity index is 1.34. The van der Waals surface area contributed by atoms with Crippen LogP contribution in [0.25, 0.3) is 0 Å². The fraction of sp³-hybridized carbons (Fsp3) is 0.500. The third-order valence-corrected chi connectivity index (χ3v) is 5.96. The first kappa shape index (κ1) is 21.2. The van der Waals surface area contributed by atoms with Gasteiger partial charge in [-0.2, -0.15) is 15.1 Å². The minimum absolute atomic E-state index is 0.303. The topological polar surface area (TPSA) is 128 Å². The second kappa shape index (κ2) is 9.08. The third-order valence-electron chi connectivity index (χ3n) is 5.96. The van der Waals surface area contributed by atoms with E-state index in [0.717, 1.165) is 35.2 Å². The fourth-order valence-electron chi connectivity index (χ4n) is 3.78. The zero-order chi connectivity index (χ0) is 22.8. The van der Waals surface area contributed by atoms with Gasteiger partial charge in [-0.05, 0) is 18.8 Å². The van der Waals surface area contributed by atoms with Gasteiger partial charge in [-0.25, -0.2) is 0 Å². The second-order valence-corrected chi connectivity index (χ2v) is 8.90. The van der Waals surface area contributed by atoms with Gasteiger partial charge in [0.1, 0.15) is 11.6 Å². The highest BCUT2D eigenvalue weighted by Gasteiger charge is 2.25. The number of nitrogens with one attached hydrogen (secondary N) is 3. The number of carbonyl (C=O) groups is 1. The van der Waals surface area contributed by atoms with Crippen LogP contribution in [-0.4, -0.2) is 62.8 Å². The van der Waals surface area contributed by atoms with Gasteiger partial charge in [0.25, 0.3) is 0 Å². The lowest BCUT2D eigenvalue weighted by atomic mass is 10.1. The number of aromatic amines is 1. The molecule has 0 atom stereocenters. The minimum Gasteiger partial charge on any atom is -0.359 e. The molecule has 3 N–H and O–H groups in total. The summed E-state index contributed by atoms with van der Waals surface area (Å²) >= 11 is 0. The highest BCUT2D eigenvalue weighted by atomic mass is 16.5. The van der Waals surface area contributed by atoms with E-state index >= 15 is 0 Å². The maximum Gasteiger partial charge on any atom is 0.227 e. The maximum absolute atomic E-state index is 11.1. The molecular formula is C22H29N9O2. The lowest BCUT2D eigenvalue weighted by Crippen LogP contribution is -2.46. The van der Waals surface area contributed by atoms with Gasteiger partial charge in [0.2, 0.25) is 12.4 Å². The number of nitrogens with zero attached hydrogens (tertiary/aromatic N) is 6. The van der Waals surface area contributed by atoms with E-state index in [1.54, 1.807) is 4.90 Å². The van der Waals surface area contributed by atoms with Crippen molar-refractivity contribution in [2.75, 3.05) is 41.7 Å². The average molecular weight is 452 g/mol. The van der Waals surface area contributed by atoms with Gasteiger partial charge < -0.3 is 25.0 Å². The molecule has 0 bridgehead atoms. The van der Waals surface area contributed by atoms with E-state index in [9.17, 15) is 4.79 Å². The Bertz CT molecular complexity index is 1100. The van der Waals surface area contributed by atoms with E-state index in [4.69, 9.17) is 9.51 Å². The van der Waals surface area contributed by atoms with E-state index in [1.165, 1.54) is 12.8 Å². The van der Waals surface area contributed by atoms with Gasteiger partial charge in [0.15, 0.2) is 11.6 Å². The molecule has 0 aromatic carbocycles. The molecule has 11 heteroatoms. The van der Waals surface area contributed by atoms with Crippen LogP contribution in [0.1, 0.15) is 55.7 Å². The lowest BCUT2D eigenvalue weighted by Gasteiger charge is -2.33. The molecule has 1 aliphatic carbocycles. The predicted octanol–water partition coefficient (Wildman–Crippen LogP) is 2.82. The highest BCUT2D eigenvalue weighted by molar-refractivity contribution is 5.60. The quantitative estimate of drug-likeness (QED) is 0.421. The molecule has 0 unspecified atom stereocenters. The first-order chi connectivity index (χ1) is 16.1. The van der Waals surface area contributed by atoms with Crippen LogP contribution in [0.5, 0.6) is 0 Å². The summed E-state index contributed by atoms with van der Waals surface area (Å²) in [5, 5.41) is 18.2. The van der Waals surface area contributed by atoms with Crippen LogP contribution in [-0.2, 0) is 11.3 Å². The first-order valence-corrected chi connectivity index (χ1v) is 11.4. The number of hydrogen-bond donors (Lipinski definition) is 3. The molecule has 3 aromatic rings. The number of anilines is 4. The Morgan fingerprint density at radius 2 is 1.97 bits per heavy atom. The molecule has 174 valence electrons. The Morgan fingerprint density at radius 1 is 1.15 bits per heavy atom. The molecule has 1 aliphatic heterocycles. The molecular weight excluding hydrogens is 422 g/mol. The van der Waals surface area contributed by atoms with Crippen molar-refractivity contribution in [2.45, 2.75) is 45.1 Å². The zero-order valence-electron chi connectivity index (χ0n) is 18.9. The van der Waals surface area contributed by atoms with Crippen molar-refractivity contribution < 1.29 is 9.32 Å². The maximum atomic E-state index is 11.1. The molecule has 0 radical (unpaired) electrons. The Hall–Kier alpha value is -3.63. The van der Waals surface area contributed by atoms with Gasteiger partial charge >= 0.3 is 0 Å². The van der Waals surface area contributed by atoms with Crippen molar-refractivity contribution in [3.05, 3.63) is 35.3 Å². The summed E-state index contributed by atoms with van der Waals surface area (Å²) < 4.78 is 5.43. The van der Waals surface area contributed by atoms with Crippen LogP contribution in [0.3, 0.4) is 0 Å². The number of H-pyrrole nitrogens is 1. The smallest absolute Gasteiger partial charge is 0.227 e. The molecule has 1 saturated carbocycles. The van der Waals surface area contributed by atoms with Crippen molar-refractivity contribution in [3.63, 3.8) is 0 Å². The van der Waals surface area contributed by atoms with Gasteiger partial charge in [-0.3, -0.25) is 9.89 Å². The molecule has 1 saturated heterocycles. The normalized spacial score (nSPS) is 16.3. The molecule has 11 nitrogen and oxygen atoms in total. The average Bonchev–Trinajstić information content (AvgIpc) is 3.37. The van der Waals surface area contributed by atoms with Crippen LogP contribution in [0.4, 0.5) is 23.4 Å². The third kappa shape index (κ3) is 5.07. The van der Waals surface area contributed by atoms with E-state index in [2.05, 4.69) is 49.7 Å². The van der Waals surface area contributed by atoms with Crippen molar-refractivity contribution in [1.29, 1.82) is 0 Å². The van der Waals surface area contributed by atoms with Gasteiger partial charge in [-0.15, -0.1) is 0 Å². The number of hydrogen-bond acceptors (Lipinski definition) is 9. The summed E-state index contributed by atoms with van der Waals surface area (Å²) in [5.74, 6) is 4.27. The van der Waals surface area contributed by atoms with E-state index < -0.39 is 0 Å². The monoisotopic (exact) mass is 451 g/mol. The van der Waals surface area contributed by atoms with Crippen LogP contribution in [0.15, 0.2) is 22.7 Å². The van der Waals surface area contributed by atoms with Crippen molar-refractivity contribution >= 4 is 29.8 Å². The largest absolute Gasteiger partial charge is 0.359 e. The summed E-state index contributed by atoms with van der Waals surface area (Å²) in [6.45, 7) is 7.33. The molecule has 3 aromatic heterocycles. The Labute approximate surface area is 191 Å². The molecule has 5 rings (SSSR count). The fourth-order valence-corrected chi connectivity index (χ4v) is 3.78. The lowest BCUT2D eigenvalue weighted by molar-refractivity contribution is -0.118. The molecule has 0 spiro atoms. The van der Waals surface area contributed by atoms with E-state index in [0.29, 0.717) is 56.3 Å². The summed E-state index contributed by atoms with van der Waals surface area (Å²) in [5.41, 5.74) is 2.07. The van der Waals surface area contributed by atoms with Crippen molar-refractivity contribution in [3.8, 4) is 0 Å². The zero-order valence-corrected chi connectivity index (χ0v) is 18.9.